The molecule has 0 amide bonds. The molecule has 0 radical (unpaired) electrons. The predicted octanol–water partition coefficient (Wildman–Crippen LogP) is 3.81. The second-order valence-corrected chi connectivity index (χ2v) is 4.42. The van der Waals surface area contributed by atoms with Gasteiger partial charge in [0.15, 0.2) is 5.78 Å². The molecule has 0 bridgehead atoms. The third kappa shape index (κ3) is 3.08. The van der Waals surface area contributed by atoms with Crippen LogP contribution in [0.2, 0.25) is 0 Å². The summed E-state index contributed by atoms with van der Waals surface area (Å²) < 4.78 is 1.96. The number of allylic oxidation sites excluding steroid dienone is 4. The molecule has 0 aromatic rings. The SMILES string of the molecule is C=C(C)C1CC=C(C/C=C/I)C(=O)C1. The van der Waals surface area contributed by atoms with Crippen LogP contribution >= 0.6 is 22.6 Å². The molecular formula is C12H15IO. The first kappa shape index (κ1) is 11.7. The minimum atomic E-state index is 0.291. The van der Waals surface area contributed by atoms with E-state index in [2.05, 4.69) is 35.2 Å². The lowest BCUT2D eigenvalue weighted by molar-refractivity contribution is -0.116. The lowest BCUT2D eigenvalue weighted by atomic mass is 9.84. The summed E-state index contributed by atoms with van der Waals surface area (Å²) in [5.41, 5.74) is 2.09. The van der Waals surface area contributed by atoms with Crippen LogP contribution in [-0.2, 0) is 4.79 Å². The van der Waals surface area contributed by atoms with Gasteiger partial charge in [-0.3, -0.25) is 4.79 Å². The summed E-state index contributed by atoms with van der Waals surface area (Å²) in [5.74, 6) is 0.661. The first-order valence-electron chi connectivity index (χ1n) is 4.78. The van der Waals surface area contributed by atoms with E-state index < -0.39 is 0 Å². The fourth-order valence-electron chi connectivity index (χ4n) is 1.58. The molecule has 0 spiro atoms. The zero-order chi connectivity index (χ0) is 10.6. The van der Waals surface area contributed by atoms with E-state index in [1.165, 1.54) is 0 Å². The maximum Gasteiger partial charge on any atom is 0.159 e. The van der Waals surface area contributed by atoms with E-state index >= 15 is 0 Å². The second-order valence-electron chi connectivity index (χ2n) is 3.70. The highest BCUT2D eigenvalue weighted by molar-refractivity contribution is 14.1. The van der Waals surface area contributed by atoms with Gasteiger partial charge in [-0.15, -0.1) is 0 Å². The van der Waals surface area contributed by atoms with E-state index in [1.54, 1.807) is 0 Å². The van der Waals surface area contributed by atoms with Crippen molar-refractivity contribution in [3.05, 3.63) is 34.0 Å². The number of halogens is 1. The average molecular weight is 302 g/mol. The summed E-state index contributed by atoms with van der Waals surface area (Å²) in [6.45, 7) is 5.91. The minimum absolute atomic E-state index is 0.291. The van der Waals surface area contributed by atoms with Crippen molar-refractivity contribution in [2.75, 3.05) is 0 Å². The van der Waals surface area contributed by atoms with E-state index in [1.807, 2.05) is 17.1 Å². The molecule has 1 aliphatic rings. The van der Waals surface area contributed by atoms with E-state index in [4.69, 9.17) is 0 Å². The van der Waals surface area contributed by atoms with Crippen LogP contribution in [0, 0.1) is 5.92 Å². The van der Waals surface area contributed by atoms with Gasteiger partial charge >= 0.3 is 0 Å². The van der Waals surface area contributed by atoms with Gasteiger partial charge in [0.2, 0.25) is 0 Å². The predicted molar refractivity (Wildman–Crippen MR) is 68.4 cm³/mol. The number of Topliss-reactive ketones (excluding diaryl/α,β-unsaturated/α-hetero) is 1. The smallest absolute Gasteiger partial charge is 0.159 e. The fourth-order valence-corrected chi connectivity index (χ4v) is 1.83. The van der Waals surface area contributed by atoms with E-state index in [0.29, 0.717) is 18.1 Å². The highest BCUT2D eigenvalue weighted by Gasteiger charge is 2.20. The van der Waals surface area contributed by atoms with Crippen LogP contribution in [0.1, 0.15) is 26.2 Å². The summed E-state index contributed by atoms with van der Waals surface area (Å²) >= 11 is 2.17. The molecule has 2 heteroatoms. The number of ketones is 1. The molecule has 76 valence electrons. The maximum atomic E-state index is 11.7. The van der Waals surface area contributed by atoms with Crippen LogP contribution in [0.25, 0.3) is 0 Å². The van der Waals surface area contributed by atoms with Gasteiger partial charge in [-0.25, -0.2) is 0 Å². The van der Waals surface area contributed by atoms with Crippen molar-refractivity contribution in [1.82, 2.24) is 0 Å². The minimum Gasteiger partial charge on any atom is -0.295 e. The van der Waals surface area contributed by atoms with Crippen LogP contribution in [-0.4, -0.2) is 5.78 Å². The van der Waals surface area contributed by atoms with Crippen molar-refractivity contribution in [3.63, 3.8) is 0 Å². The topological polar surface area (TPSA) is 17.1 Å². The van der Waals surface area contributed by atoms with Gasteiger partial charge in [-0.1, -0.05) is 46.9 Å². The molecular weight excluding hydrogens is 287 g/mol. The Hall–Kier alpha value is -0.380. The molecule has 0 N–H and O–H groups in total. The molecule has 0 aromatic heterocycles. The molecule has 0 saturated heterocycles. The van der Waals surface area contributed by atoms with Crippen molar-refractivity contribution in [3.8, 4) is 0 Å². The molecule has 0 saturated carbocycles. The summed E-state index contributed by atoms with van der Waals surface area (Å²) in [7, 11) is 0. The standard InChI is InChI=1S/C12H15IO/c1-9(2)11-6-5-10(4-3-7-13)12(14)8-11/h3,5,7,11H,1,4,6,8H2,2H3/b7-3+. The number of hydrogen-bond acceptors (Lipinski definition) is 1. The summed E-state index contributed by atoms with van der Waals surface area (Å²) in [4.78, 5) is 11.7. The highest BCUT2D eigenvalue weighted by Crippen LogP contribution is 2.27. The van der Waals surface area contributed by atoms with Crippen molar-refractivity contribution in [2.24, 2.45) is 5.92 Å². The third-order valence-corrected chi connectivity index (χ3v) is 3.07. The zero-order valence-electron chi connectivity index (χ0n) is 8.42. The second kappa shape index (κ2) is 5.49. The molecule has 0 heterocycles. The van der Waals surface area contributed by atoms with Gasteiger partial charge in [0.05, 0.1) is 0 Å². The molecule has 0 aliphatic heterocycles. The van der Waals surface area contributed by atoms with Crippen molar-refractivity contribution in [1.29, 1.82) is 0 Å². The molecule has 0 aromatic carbocycles. The zero-order valence-corrected chi connectivity index (χ0v) is 10.6. The van der Waals surface area contributed by atoms with Gasteiger partial charge in [-0.2, -0.15) is 0 Å². The Morgan fingerprint density at radius 2 is 2.50 bits per heavy atom. The average Bonchev–Trinajstić information content (AvgIpc) is 2.15. The first-order chi connectivity index (χ1) is 6.65. The molecule has 1 rings (SSSR count). The first-order valence-corrected chi connectivity index (χ1v) is 6.02. The van der Waals surface area contributed by atoms with Gasteiger partial charge < -0.3 is 0 Å². The monoisotopic (exact) mass is 302 g/mol. The Kier molecular flexibility index (Phi) is 4.58. The van der Waals surface area contributed by atoms with E-state index in [9.17, 15) is 4.79 Å². The van der Waals surface area contributed by atoms with Crippen LogP contribution < -0.4 is 0 Å². The Labute approximate surface area is 99.1 Å². The number of hydrogen-bond donors (Lipinski definition) is 0. The Bertz CT molecular complexity index is 299. The highest BCUT2D eigenvalue weighted by atomic mass is 127. The summed E-state index contributed by atoms with van der Waals surface area (Å²) in [6, 6.07) is 0. The van der Waals surface area contributed by atoms with Gasteiger partial charge in [0.1, 0.15) is 0 Å². The van der Waals surface area contributed by atoms with Gasteiger partial charge in [0, 0.05) is 6.42 Å². The summed E-state index contributed by atoms with van der Waals surface area (Å²) in [5, 5.41) is 0. The third-order valence-electron chi connectivity index (χ3n) is 2.56. The van der Waals surface area contributed by atoms with Crippen LogP contribution in [0.5, 0.6) is 0 Å². The van der Waals surface area contributed by atoms with Crippen LogP contribution in [0.4, 0.5) is 0 Å². The largest absolute Gasteiger partial charge is 0.295 e. The number of carbonyl (C=O) groups excluding carboxylic acids is 1. The molecule has 1 aliphatic carbocycles. The molecule has 0 fully saturated rings. The fraction of sp³-hybridized carbons (Fsp3) is 0.417. The van der Waals surface area contributed by atoms with Crippen molar-refractivity contribution < 1.29 is 4.79 Å². The van der Waals surface area contributed by atoms with Crippen LogP contribution in [0.3, 0.4) is 0 Å². The normalized spacial score (nSPS) is 22.6. The Balaban J connectivity index is 2.64. The maximum absolute atomic E-state index is 11.7. The van der Waals surface area contributed by atoms with Gasteiger partial charge in [0.25, 0.3) is 0 Å². The molecule has 1 nitrogen and oxygen atoms in total. The Morgan fingerprint density at radius 1 is 1.79 bits per heavy atom. The molecule has 1 atom stereocenters. The van der Waals surface area contributed by atoms with Gasteiger partial charge in [-0.05, 0) is 35.3 Å². The quantitative estimate of drug-likeness (QED) is 0.572. The molecule has 14 heavy (non-hydrogen) atoms. The van der Waals surface area contributed by atoms with Crippen LogP contribution in [0.15, 0.2) is 34.0 Å². The van der Waals surface area contributed by atoms with Crippen molar-refractivity contribution in [2.45, 2.75) is 26.2 Å². The lowest BCUT2D eigenvalue weighted by Crippen LogP contribution is -2.15. The lowest BCUT2D eigenvalue weighted by Gasteiger charge is -2.20. The number of carbonyl (C=O) groups is 1. The Morgan fingerprint density at radius 3 is 3.00 bits per heavy atom. The summed E-state index contributed by atoms with van der Waals surface area (Å²) in [6.07, 6.45) is 6.50. The number of rotatable bonds is 3. The van der Waals surface area contributed by atoms with E-state index in [0.717, 1.165) is 24.0 Å². The van der Waals surface area contributed by atoms with E-state index in [-0.39, 0.29) is 0 Å². The van der Waals surface area contributed by atoms with Crippen molar-refractivity contribution >= 4 is 28.4 Å². The molecule has 1 unspecified atom stereocenters.